The molecule has 3 aromatic carbocycles. The van der Waals surface area contributed by atoms with Crippen LogP contribution in [-0.4, -0.2) is 26.2 Å². The fraction of sp³-hybridized carbons (Fsp3) is 0.217. The number of rotatable bonds is 4. The number of hydrogen-bond acceptors (Lipinski definition) is 2. The number of benzene rings is 3. The van der Waals surface area contributed by atoms with Crippen LogP contribution in [0.2, 0.25) is 0 Å². The summed E-state index contributed by atoms with van der Waals surface area (Å²) in [7, 11) is 0. The van der Waals surface area contributed by atoms with Crippen LogP contribution in [0.25, 0.3) is 0 Å². The first-order chi connectivity index (χ1) is 12.8. The largest absolute Gasteiger partial charge is 0.369 e. The van der Waals surface area contributed by atoms with Crippen LogP contribution >= 0.6 is 11.6 Å². The maximum absolute atomic E-state index is 7.33. The van der Waals surface area contributed by atoms with Gasteiger partial charge in [0.25, 0.3) is 0 Å². The van der Waals surface area contributed by atoms with Crippen LogP contribution in [0, 0.1) is 0 Å². The summed E-state index contributed by atoms with van der Waals surface area (Å²) in [5.74, 6) is 0. The van der Waals surface area contributed by atoms with Crippen molar-refractivity contribution in [2.45, 2.75) is 4.87 Å². The first-order valence-corrected chi connectivity index (χ1v) is 9.52. The minimum Gasteiger partial charge on any atom is -0.369 e. The fourth-order valence-corrected chi connectivity index (χ4v) is 4.04. The molecule has 1 aliphatic rings. The molecule has 132 valence electrons. The smallest absolute Gasteiger partial charge is 0.119 e. The maximum atomic E-state index is 7.33. The molecule has 1 fully saturated rings. The monoisotopic (exact) mass is 362 g/mol. The molecule has 0 aromatic heterocycles. The Bertz CT molecular complexity index is 786. The predicted molar refractivity (Wildman–Crippen MR) is 110 cm³/mol. The Balaban J connectivity index is 1.75. The van der Waals surface area contributed by atoms with Gasteiger partial charge in [-0.25, -0.2) is 0 Å². The molecule has 0 atom stereocenters. The first-order valence-electron chi connectivity index (χ1n) is 9.14. The average molecular weight is 363 g/mol. The fourth-order valence-electron chi connectivity index (χ4n) is 3.66. The third-order valence-corrected chi connectivity index (χ3v) is 5.75. The quantitative estimate of drug-likeness (QED) is 0.538. The number of anilines is 1. The lowest BCUT2D eigenvalue weighted by atomic mass is 9.84. The molecule has 0 saturated carbocycles. The van der Waals surface area contributed by atoms with Gasteiger partial charge in [0, 0.05) is 31.9 Å². The van der Waals surface area contributed by atoms with Crippen LogP contribution in [-0.2, 0) is 4.87 Å². The zero-order chi connectivity index (χ0) is 17.8. The van der Waals surface area contributed by atoms with E-state index >= 15 is 0 Å². The summed E-state index contributed by atoms with van der Waals surface area (Å²) in [6, 6.07) is 29.4. The highest BCUT2D eigenvalue weighted by Crippen LogP contribution is 2.43. The number of nitrogens with one attached hydrogen (secondary N) is 1. The van der Waals surface area contributed by atoms with E-state index in [-0.39, 0.29) is 0 Å². The van der Waals surface area contributed by atoms with Crippen molar-refractivity contribution in [3.8, 4) is 0 Å². The summed E-state index contributed by atoms with van der Waals surface area (Å²) < 4.78 is 0. The van der Waals surface area contributed by atoms with Gasteiger partial charge >= 0.3 is 0 Å². The van der Waals surface area contributed by atoms with Gasteiger partial charge in [-0.15, -0.1) is 11.6 Å². The second kappa shape index (κ2) is 7.53. The van der Waals surface area contributed by atoms with Crippen LogP contribution in [0.15, 0.2) is 84.9 Å². The minimum atomic E-state index is -0.690. The lowest BCUT2D eigenvalue weighted by Gasteiger charge is -2.32. The van der Waals surface area contributed by atoms with Gasteiger partial charge in [-0.1, -0.05) is 72.8 Å². The number of piperazine rings is 1. The Labute approximate surface area is 160 Å². The summed E-state index contributed by atoms with van der Waals surface area (Å²) in [6.45, 7) is 4.16. The zero-order valence-electron chi connectivity index (χ0n) is 14.7. The standard InChI is InChI=1S/C23H23ClN2/c24-23(19-7-3-1-4-8-19,20-9-5-2-6-10-20)21-11-13-22(14-12-21)26-17-15-25-16-18-26/h1-14,25H,15-18H2. The summed E-state index contributed by atoms with van der Waals surface area (Å²) in [6.07, 6.45) is 0. The van der Waals surface area contributed by atoms with Crippen LogP contribution in [0.5, 0.6) is 0 Å². The molecule has 0 amide bonds. The van der Waals surface area contributed by atoms with E-state index in [2.05, 4.69) is 58.7 Å². The van der Waals surface area contributed by atoms with Crippen LogP contribution < -0.4 is 10.2 Å². The van der Waals surface area contributed by atoms with Crippen molar-refractivity contribution < 1.29 is 0 Å². The highest BCUT2D eigenvalue weighted by Gasteiger charge is 2.33. The summed E-state index contributed by atoms with van der Waals surface area (Å²) in [5.41, 5.74) is 4.52. The van der Waals surface area contributed by atoms with Gasteiger partial charge in [0.2, 0.25) is 0 Å². The van der Waals surface area contributed by atoms with E-state index in [1.165, 1.54) is 5.69 Å². The second-order valence-electron chi connectivity index (χ2n) is 6.67. The van der Waals surface area contributed by atoms with Gasteiger partial charge in [-0.3, -0.25) is 0 Å². The molecule has 26 heavy (non-hydrogen) atoms. The molecule has 3 aromatic rings. The van der Waals surface area contributed by atoms with E-state index in [0.717, 1.165) is 42.9 Å². The molecule has 0 spiro atoms. The normalized spacial score (nSPS) is 15.0. The topological polar surface area (TPSA) is 15.3 Å². The number of halogens is 1. The average Bonchev–Trinajstić information content (AvgIpc) is 2.75. The summed E-state index contributed by atoms with van der Waals surface area (Å²) in [5, 5.41) is 3.40. The molecule has 1 N–H and O–H groups in total. The highest BCUT2D eigenvalue weighted by atomic mass is 35.5. The minimum absolute atomic E-state index is 0.690. The number of hydrogen-bond donors (Lipinski definition) is 1. The van der Waals surface area contributed by atoms with Gasteiger partial charge < -0.3 is 10.2 Å². The Kier molecular flexibility index (Phi) is 4.96. The zero-order valence-corrected chi connectivity index (χ0v) is 15.5. The van der Waals surface area contributed by atoms with E-state index in [1.807, 2.05) is 36.4 Å². The lowest BCUT2D eigenvalue weighted by molar-refractivity contribution is 0.589. The van der Waals surface area contributed by atoms with E-state index in [0.29, 0.717) is 0 Å². The van der Waals surface area contributed by atoms with Gasteiger partial charge in [0.1, 0.15) is 4.87 Å². The predicted octanol–water partition coefficient (Wildman–Crippen LogP) is 4.63. The SMILES string of the molecule is ClC(c1ccccc1)(c1ccccc1)c1ccc(N2CCNCC2)cc1. The molecule has 3 heteroatoms. The molecular formula is C23H23ClN2. The molecule has 0 radical (unpaired) electrons. The maximum Gasteiger partial charge on any atom is 0.119 e. The highest BCUT2D eigenvalue weighted by molar-refractivity contribution is 6.28. The lowest BCUT2D eigenvalue weighted by Crippen LogP contribution is -2.43. The van der Waals surface area contributed by atoms with E-state index in [1.54, 1.807) is 0 Å². The van der Waals surface area contributed by atoms with Gasteiger partial charge in [0.05, 0.1) is 0 Å². The van der Waals surface area contributed by atoms with Crippen molar-refractivity contribution in [1.29, 1.82) is 0 Å². The van der Waals surface area contributed by atoms with Crippen molar-refractivity contribution in [2.24, 2.45) is 0 Å². The Morgan fingerprint density at radius 2 is 1.12 bits per heavy atom. The Morgan fingerprint density at radius 3 is 1.62 bits per heavy atom. The van der Waals surface area contributed by atoms with Crippen molar-refractivity contribution >= 4 is 17.3 Å². The summed E-state index contributed by atoms with van der Waals surface area (Å²) >= 11 is 7.33. The molecule has 1 heterocycles. The molecule has 1 saturated heterocycles. The Hall–Kier alpha value is -2.29. The third kappa shape index (κ3) is 3.23. The van der Waals surface area contributed by atoms with Gasteiger partial charge in [-0.05, 0) is 28.8 Å². The number of nitrogens with zero attached hydrogens (tertiary/aromatic N) is 1. The van der Waals surface area contributed by atoms with E-state index < -0.39 is 4.87 Å². The molecule has 4 rings (SSSR count). The second-order valence-corrected chi connectivity index (χ2v) is 7.24. The summed E-state index contributed by atoms with van der Waals surface area (Å²) in [4.78, 5) is 1.73. The van der Waals surface area contributed by atoms with Gasteiger partial charge in [0.15, 0.2) is 0 Å². The molecule has 0 unspecified atom stereocenters. The van der Waals surface area contributed by atoms with Crippen LogP contribution in [0.3, 0.4) is 0 Å². The van der Waals surface area contributed by atoms with Crippen LogP contribution in [0.1, 0.15) is 16.7 Å². The molecule has 2 nitrogen and oxygen atoms in total. The third-order valence-electron chi connectivity index (χ3n) is 5.09. The molecular weight excluding hydrogens is 340 g/mol. The Morgan fingerprint density at radius 1 is 0.654 bits per heavy atom. The van der Waals surface area contributed by atoms with Crippen molar-refractivity contribution in [3.63, 3.8) is 0 Å². The van der Waals surface area contributed by atoms with E-state index in [9.17, 15) is 0 Å². The molecule has 0 aliphatic carbocycles. The van der Waals surface area contributed by atoms with Crippen LogP contribution in [0.4, 0.5) is 5.69 Å². The molecule has 1 aliphatic heterocycles. The van der Waals surface area contributed by atoms with Gasteiger partial charge in [-0.2, -0.15) is 0 Å². The van der Waals surface area contributed by atoms with Crippen molar-refractivity contribution in [1.82, 2.24) is 5.32 Å². The number of alkyl halides is 1. The van der Waals surface area contributed by atoms with Crippen molar-refractivity contribution in [2.75, 3.05) is 31.1 Å². The first kappa shape index (κ1) is 17.1. The van der Waals surface area contributed by atoms with Crippen molar-refractivity contribution in [3.05, 3.63) is 102 Å². The molecule has 0 bridgehead atoms. The van der Waals surface area contributed by atoms with E-state index in [4.69, 9.17) is 11.6 Å².